The highest BCUT2D eigenvalue weighted by atomic mass is 16.3. The number of aromatic hydroxyl groups is 2. The average molecular weight is 238 g/mol. The molecule has 0 aromatic heterocycles. The van der Waals surface area contributed by atoms with Gasteiger partial charge in [0.15, 0.2) is 17.3 Å². The molecule has 0 saturated heterocycles. The van der Waals surface area contributed by atoms with Crippen LogP contribution in [0.5, 0.6) is 11.5 Å². The quantitative estimate of drug-likeness (QED) is 0.352. The van der Waals surface area contributed by atoms with E-state index in [0.29, 0.717) is 0 Å². The predicted octanol–water partition coefficient (Wildman–Crippen LogP) is 1.67. The van der Waals surface area contributed by atoms with E-state index in [-0.39, 0.29) is 23.9 Å². The maximum atomic E-state index is 11.8. The maximum Gasteiger partial charge on any atom is 0.187 e. The highest BCUT2D eigenvalue weighted by Gasteiger charge is 2.18. The molecular formula is C11H14N2O4. The van der Waals surface area contributed by atoms with Crippen molar-refractivity contribution in [2.45, 2.75) is 19.9 Å². The van der Waals surface area contributed by atoms with Crippen LogP contribution >= 0.6 is 0 Å². The third-order valence-electron chi connectivity index (χ3n) is 2.32. The van der Waals surface area contributed by atoms with Crippen molar-refractivity contribution in [2.24, 2.45) is 5.29 Å². The van der Waals surface area contributed by atoms with Crippen molar-refractivity contribution >= 4 is 5.78 Å². The van der Waals surface area contributed by atoms with Gasteiger partial charge in [-0.2, -0.15) is 0 Å². The Morgan fingerprint density at radius 1 is 1.41 bits per heavy atom. The van der Waals surface area contributed by atoms with Crippen LogP contribution in [0.1, 0.15) is 24.2 Å². The summed E-state index contributed by atoms with van der Waals surface area (Å²) in [6.07, 6.45) is 0. The van der Waals surface area contributed by atoms with Crippen LogP contribution in [0.3, 0.4) is 0 Å². The molecule has 6 heteroatoms. The lowest BCUT2D eigenvalue weighted by molar-refractivity contribution is 0.0904. The van der Waals surface area contributed by atoms with Crippen molar-refractivity contribution in [3.8, 4) is 11.5 Å². The molecule has 92 valence electrons. The van der Waals surface area contributed by atoms with Crippen molar-refractivity contribution in [3.63, 3.8) is 0 Å². The third-order valence-corrected chi connectivity index (χ3v) is 2.32. The first-order valence-electron chi connectivity index (χ1n) is 5.11. The predicted molar refractivity (Wildman–Crippen MR) is 61.7 cm³/mol. The fourth-order valence-corrected chi connectivity index (χ4v) is 1.29. The Bertz CT molecular complexity index is 431. The molecule has 0 spiro atoms. The van der Waals surface area contributed by atoms with E-state index in [1.807, 2.05) is 0 Å². The van der Waals surface area contributed by atoms with Gasteiger partial charge in [0, 0.05) is 6.04 Å². The van der Waals surface area contributed by atoms with Gasteiger partial charge in [0.2, 0.25) is 0 Å². The Hall–Kier alpha value is -2.11. The second-order valence-electron chi connectivity index (χ2n) is 3.87. The molecule has 0 amide bonds. The molecule has 1 aromatic carbocycles. The average Bonchev–Trinajstić information content (AvgIpc) is 2.28. The zero-order chi connectivity index (χ0) is 13.0. The van der Waals surface area contributed by atoms with E-state index in [9.17, 15) is 19.9 Å². The van der Waals surface area contributed by atoms with E-state index in [1.165, 1.54) is 18.2 Å². The van der Waals surface area contributed by atoms with Gasteiger partial charge in [-0.05, 0) is 26.0 Å². The number of ketones is 1. The molecule has 0 aliphatic carbocycles. The van der Waals surface area contributed by atoms with Crippen LogP contribution in [0.4, 0.5) is 0 Å². The number of rotatable bonds is 5. The van der Waals surface area contributed by atoms with Gasteiger partial charge in [-0.1, -0.05) is 6.07 Å². The molecule has 0 bridgehead atoms. The molecular weight excluding hydrogens is 224 g/mol. The van der Waals surface area contributed by atoms with E-state index in [2.05, 4.69) is 5.29 Å². The smallest absolute Gasteiger partial charge is 0.187 e. The van der Waals surface area contributed by atoms with E-state index >= 15 is 0 Å². The number of benzene rings is 1. The van der Waals surface area contributed by atoms with Crippen LogP contribution in [-0.2, 0) is 0 Å². The number of hydrogen-bond donors (Lipinski definition) is 2. The number of carbonyl (C=O) groups excluding carboxylic acids is 1. The van der Waals surface area contributed by atoms with E-state index in [0.717, 1.165) is 5.01 Å². The molecule has 2 N–H and O–H groups in total. The Morgan fingerprint density at radius 3 is 2.59 bits per heavy atom. The Balaban J connectivity index is 2.90. The van der Waals surface area contributed by atoms with Gasteiger partial charge in [-0.25, -0.2) is 0 Å². The summed E-state index contributed by atoms with van der Waals surface area (Å²) in [6, 6.07) is 3.87. The van der Waals surface area contributed by atoms with Crippen molar-refractivity contribution in [1.82, 2.24) is 5.01 Å². The Morgan fingerprint density at radius 2 is 2.06 bits per heavy atom. The summed E-state index contributed by atoms with van der Waals surface area (Å²) in [6.45, 7) is 3.20. The number of phenolic OH excluding ortho intramolecular Hbond substituents is 2. The lowest BCUT2D eigenvalue weighted by atomic mass is 10.1. The van der Waals surface area contributed by atoms with Gasteiger partial charge in [0.05, 0.1) is 10.8 Å². The second-order valence-corrected chi connectivity index (χ2v) is 3.87. The monoisotopic (exact) mass is 238 g/mol. The number of para-hydroxylation sites is 1. The number of phenols is 2. The number of Topliss-reactive ketones (excluding diaryl/α,β-unsaturated/α-hetero) is 1. The summed E-state index contributed by atoms with van der Waals surface area (Å²) in [4.78, 5) is 22.3. The normalized spacial score (nSPS) is 10.3. The molecule has 0 aliphatic heterocycles. The fourth-order valence-electron chi connectivity index (χ4n) is 1.29. The van der Waals surface area contributed by atoms with Gasteiger partial charge in [-0.3, -0.25) is 9.80 Å². The van der Waals surface area contributed by atoms with Crippen LogP contribution in [0, 0.1) is 4.91 Å². The van der Waals surface area contributed by atoms with Crippen LogP contribution in [0.25, 0.3) is 0 Å². The fraction of sp³-hybridized carbons (Fsp3) is 0.364. The molecule has 17 heavy (non-hydrogen) atoms. The van der Waals surface area contributed by atoms with Crippen molar-refractivity contribution in [3.05, 3.63) is 28.7 Å². The van der Waals surface area contributed by atoms with Crippen LogP contribution in [-0.4, -0.2) is 33.6 Å². The number of nitroso groups, excluding NO2 is 1. The molecule has 0 aliphatic rings. The minimum absolute atomic E-state index is 0.0284. The van der Waals surface area contributed by atoms with Crippen LogP contribution in [0.2, 0.25) is 0 Å². The first-order valence-corrected chi connectivity index (χ1v) is 5.11. The largest absolute Gasteiger partial charge is 0.504 e. The summed E-state index contributed by atoms with van der Waals surface area (Å²) in [5, 5.41) is 22.5. The molecule has 0 atom stereocenters. The lowest BCUT2D eigenvalue weighted by Gasteiger charge is -2.18. The third kappa shape index (κ3) is 2.93. The van der Waals surface area contributed by atoms with E-state index in [1.54, 1.807) is 13.8 Å². The summed E-state index contributed by atoms with van der Waals surface area (Å²) < 4.78 is 0. The van der Waals surface area contributed by atoms with E-state index in [4.69, 9.17) is 0 Å². The topological polar surface area (TPSA) is 90.2 Å². The Kier molecular flexibility index (Phi) is 4.03. The summed E-state index contributed by atoms with van der Waals surface area (Å²) >= 11 is 0. The SMILES string of the molecule is CC(C)N(CC(=O)c1cccc(O)c1O)N=O. The molecule has 0 heterocycles. The molecule has 1 aromatic rings. The minimum Gasteiger partial charge on any atom is -0.504 e. The zero-order valence-electron chi connectivity index (χ0n) is 9.62. The zero-order valence-corrected chi connectivity index (χ0v) is 9.62. The van der Waals surface area contributed by atoms with Gasteiger partial charge in [0.1, 0.15) is 6.54 Å². The summed E-state index contributed by atoms with van der Waals surface area (Å²) in [5.41, 5.74) is -0.0284. The standard InChI is InChI=1S/C11H14N2O4/c1-7(2)13(12-17)6-10(15)8-4-3-5-9(14)11(8)16/h3-5,7,14,16H,6H2,1-2H3. The first-order chi connectivity index (χ1) is 7.97. The molecule has 1 rings (SSSR count). The van der Waals surface area contributed by atoms with Gasteiger partial charge in [0.25, 0.3) is 0 Å². The van der Waals surface area contributed by atoms with Crippen molar-refractivity contribution in [2.75, 3.05) is 6.54 Å². The lowest BCUT2D eigenvalue weighted by Crippen LogP contribution is -2.30. The van der Waals surface area contributed by atoms with Crippen molar-refractivity contribution in [1.29, 1.82) is 0 Å². The van der Waals surface area contributed by atoms with E-state index < -0.39 is 11.5 Å². The molecule has 6 nitrogen and oxygen atoms in total. The van der Waals surface area contributed by atoms with Crippen LogP contribution in [0.15, 0.2) is 23.5 Å². The maximum absolute atomic E-state index is 11.8. The molecule has 0 unspecified atom stereocenters. The Labute approximate surface area is 98.4 Å². The van der Waals surface area contributed by atoms with Gasteiger partial charge < -0.3 is 10.2 Å². The second kappa shape index (κ2) is 5.29. The highest BCUT2D eigenvalue weighted by Crippen LogP contribution is 2.28. The highest BCUT2D eigenvalue weighted by molar-refractivity contribution is 6.00. The van der Waals surface area contributed by atoms with Crippen molar-refractivity contribution < 1.29 is 15.0 Å². The summed E-state index contributed by atoms with van der Waals surface area (Å²) in [5.74, 6) is -1.33. The van der Waals surface area contributed by atoms with Gasteiger partial charge >= 0.3 is 0 Å². The number of nitrogens with zero attached hydrogens (tertiary/aromatic N) is 2. The van der Waals surface area contributed by atoms with Gasteiger partial charge in [-0.15, -0.1) is 4.91 Å². The summed E-state index contributed by atoms with van der Waals surface area (Å²) in [7, 11) is 0. The molecule has 0 saturated carbocycles. The molecule has 0 radical (unpaired) electrons. The minimum atomic E-state index is -0.480. The number of carbonyl (C=O) groups is 1. The van der Waals surface area contributed by atoms with Crippen LogP contribution < -0.4 is 0 Å². The molecule has 0 fully saturated rings. The first kappa shape index (κ1) is 13.0. The number of hydrogen-bond acceptors (Lipinski definition) is 5.